The van der Waals surface area contributed by atoms with Gasteiger partial charge in [-0.15, -0.1) is 0 Å². The predicted octanol–water partition coefficient (Wildman–Crippen LogP) is 3.85. The zero-order chi connectivity index (χ0) is 20.9. The lowest BCUT2D eigenvalue weighted by atomic mass is 10.2. The Balaban J connectivity index is 1.73. The average Bonchev–Trinajstić information content (AvgIpc) is 2.71. The number of hydrogen-bond donors (Lipinski definition) is 2. The number of carbonyl (C=O) groups excluding carboxylic acids is 2. The van der Waals surface area contributed by atoms with E-state index >= 15 is 0 Å². The van der Waals surface area contributed by atoms with Gasteiger partial charge in [0.15, 0.2) is 5.11 Å². The molecule has 0 aliphatic carbocycles. The minimum Gasteiger partial charge on any atom is -0.493 e. The quantitative estimate of drug-likeness (QED) is 0.454. The molecule has 0 unspecified atom stereocenters. The summed E-state index contributed by atoms with van der Waals surface area (Å²) in [5.74, 6) is -0.0221. The van der Waals surface area contributed by atoms with Gasteiger partial charge in [-0.2, -0.15) is 0 Å². The molecule has 2 rings (SSSR count). The first-order valence-electron chi connectivity index (χ1n) is 9.60. The first-order chi connectivity index (χ1) is 14.1. The van der Waals surface area contributed by atoms with Crippen molar-refractivity contribution >= 4 is 34.9 Å². The van der Waals surface area contributed by atoms with E-state index < -0.39 is 0 Å². The van der Waals surface area contributed by atoms with Gasteiger partial charge >= 0.3 is 5.97 Å². The van der Waals surface area contributed by atoms with Gasteiger partial charge in [-0.1, -0.05) is 43.3 Å². The summed E-state index contributed by atoms with van der Waals surface area (Å²) in [7, 11) is 0. The maximum absolute atomic E-state index is 11.9. The van der Waals surface area contributed by atoms with Gasteiger partial charge in [-0.05, 0) is 36.3 Å². The molecule has 2 N–H and O–H groups in total. The highest BCUT2D eigenvalue weighted by atomic mass is 32.1. The maximum Gasteiger partial charge on any atom is 0.306 e. The van der Waals surface area contributed by atoms with E-state index in [4.69, 9.17) is 21.7 Å². The van der Waals surface area contributed by atoms with Gasteiger partial charge < -0.3 is 20.1 Å². The van der Waals surface area contributed by atoms with Crippen LogP contribution >= 0.6 is 12.2 Å². The molecule has 0 aromatic heterocycles. The number of thiocarbonyl (C=S) groups is 1. The molecule has 7 heteroatoms. The van der Waals surface area contributed by atoms with Crippen LogP contribution in [0.1, 0.15) is 31.7 Å². The van der Waals surface area contributed by atoms with Crippen molar-refractivity contribution in [2.24, 2.45) is 0 Å². The van der Waals surface area contributed by atoms with Crippen LogP contribution in [0, 0.1) is 0 Å². The van der Waals surface area contributed by atoms with Crippen LogP contribution in [0.2, 0.25) is 0 Å². The summed E-state index contributed by atoms with van der Waals surface area (Å²) in [6.45, 7) is 2.83. The van der Waals surface area contributed by atoms with Crippen molar-refractivity contribution in [1.29, 1.82) is 0 Å². The van der Waals surface area contributed by atoms with Crippen molar-refractivity contribution in [2.75, 3.05) is 18.5 Å². The Bertz CT molecular complexity index is 811. The predicted molar refractivity (Wildman–Crippen MR) is 117 cm³/mol. The average molecular weight is 415 g/mol. The molecule has 0 fully saturated rings. The molecule has 1 amide bonds. The molecular weight excluding hydrogens is 388 g/mol. The van der Waals surface area contributed by atoms with Crippen LogP contribution in [-0.2, 0) is 20.7 Å². The molecule has 0 aliphatic rings. The molecule has 0 aliphatic heterocycles. The zero-order valence-corrected chi connectivity index (χ0v) is 17.3. The smallest absolute Gasteiger partial charge is 0.306 e. The van der Waals surface area contributed by atoms with E-state index in [0.29, 0.717) is 24.7 Å². The van der Waals surface area contributed by atoms with Crippen molar-refractivity contribution in [3.63, 3.8) is 0 Å². The molecule has 0 saturated carbocycles. The first kappa shape index (κ1) is 22.4. The fraction of sp³-hybridized carbons (Fsp3) is 0.318. The number of esters is 1. The van der Waals surface area contributed by atoms with Crippen LogP contribution in [0.15, 0.2) is 54.6 Å². The summed E-state index contributed by atoms with van der Waals surface area (Å²) < 4.78 is 10.7. The molecule has 0 heterocycles. The molecule has 0 radical (unpaired) electrons. The zero-order valence-electron chi connectivity index (χ0n) is 16.5. The summed E-state index contributed by atoms with van der Waals surface area (Å²) in [5, 5.41) is 5.67. The summed E-state index contributed by atoms with van der Waals surface area (Å²) in [5.41, 5.74) is 1.92. The third kappa shape index (κ3) is 9.21. The highest BCUT2D eigenvalue weighted by molar-refractivity contribution is 7.80. The minimum atomic E-state index is -0.388. The molecule has 0 saturated heterocycles. The number of rotatable bonds is 10. The second kappa shape index (κ2) is 12.5. The summed E-state index contributed by atoms with van der Waals surface area (Å²) in [6, 6.07) is 17.5. The summed E-state index contributed by atoms with van der Waals surface area (Å²) in [6.07, 6.45) is 1.61. The van der Waals surface area contributed by atoms with E-state index in [1.807, 2.05) is 49.4 Å². The van der Waals surface area contributed by atoms with Crippen molar-refractivity contribution in [1.82, 2.24) is 5.32 Å². The van der Waals surface area contributed by atoms with E-state index in [1.54, 1.807) is 0 Å². The first-order valence-corrected chi connectivity index (χ1v) is 10.0. The number of benzene rings is 2. The molecule has 0 spiro atoms. The molecular formula is C22H26N2O4S. The van der Waals surface area contributed by atoms with E-state index in [0.717, 1.165) is 12.8 Å². The molecule has 0 atom stereocenters. The molecule has 2 aromatic rings. The largest absolute Gasteiger partial charge is 0.493 e. The lowest BCUT2D eigenvalue weighted by Gasteiger charge is -2.11. The Kier molecular flexibility index (Phi) is 9.65. The molecule has 29 heavy (non-hydrogen) atoms. The lowest BCUT2D eigenvalue weighted by Crippen LogP contribution is -2.34. The van der Waals surface area contributed by atoms with Crippen LogP contribution < -0.4 is 15.4 Å². The van der Waals surface area contributed by atoms with E-state index in [-0.39, 0.29) is 29.8 Å². The topological polar surface area (TPSA) is 76.7 Å². The number of carbonyl (C=O) groups is 2. The monoisotopic (exact) mass is 414 g/mol. The van der Waals surface area contributed by atoms with Gasteiger partial charge in [0.05, 0.1) is 19.6 Å². The van der Waals surface area contributed by atoms with Gasteiger partial charge in [0.1, 0.15) is 5.75 Å². The third-order valence-corrected chi connectivity index (χ3v) is 4.07. The van der Waals surface area contributed by atoms with Gasteiger partial charge in [-0.3, -0.25) is 9.59 Å². The van der Waals surface area contributed by atoms with Gasteiger partial charge in [0.2, 0.25) is 5.91 Å². The third-order valence-electron chi connectivity index (χ3n) is 3.87. The Morgan fingerprint density at radius 1 is 1.00 bits per heavy atom. The van der Waals surface area contributed by atoms with Crippen LogP contribution in [-0.4, -0.2) is 30.2 Å². The molecule has 6 nitrogen and oxygen atoms in total. The normalized spacial score (nSPS) is 10.1. The Morgan fingerprint density at radius 2 is 1.79 bits per heavy atom. The van der Waals surface area contributed by atoms with Crippen molar-refractivity contribution < 1.29 is 19.1 Å². The summed E-state index contributed by atoms with van der Waals surface area (Å²) in [4.78, 5) is 23.3. The van der Waals surface area contributed by atoms with Crippen molar-refractivity contribution in [3.05, 3.63) is 60.2 Å². The Morgan fingerprint density at radius 3 is 2.55 bits per heavy atom. The van der Waals surface area contributed by atoms with Crippen molar-refractivity contribution in [2.45, 2.75) is 32.6 Å². The number of amides is 1. The second-order valence-corrected chi connectivity index (χ2v) is 6.74. The lowest BCUT2D eigenvalue weighted by molar-refractivity contribution is -0.144. The van der Waals surface area contributed by atoms with E-state index in [9.17, 15) is 9.59 Å². The molecule has 0 bridgehead atoms. The number of hydrogen-bond acceptors (Lipinski definition) is 5. The summed E-state index contributed by atoms with van der Waals surface area (Å²) >= 11 is 5.16. The molecule has 2 aromatic carbocycles. The number of nitrogens with one attached hydrogen (secondary N) is 2. The van der Waals surface area contributed by atoms with Crippen LogP contribution in [0.4, 0.5) is 5.69 Å². The number of anilines is 1. The van der Waals surface area contributed by atoms with Crippen molar-refractivity contribution in [3.8, 4) is 5.75 Å². The minimum absolute atomic E-state index is 0.0208. The van der Waals surface area contributed by atoms with Crippen LogP contribution in [0.25, 0.3) is 0 Å². The van der Waals surface area contributed by atoms with E-state index in [1.165, 1.54) is 5.56 Å². The van der Waals surface area contributed by atoms with Crippen LogP contribution in [0.5, 0.6) is 5.75 Å². The SMILES string of the molecule is CCCOC(=O)CCC(=O)NC(=S)Nc1cccc(OCCc2ccccc2)c1. The van der Waals surface area contributed by atoms with Gasteiger partial charge in [0.25, 0.3) is 0 Å². The van der Waals surface area contributed by atoms with E-state index in [2.05, 4.69) is 22.8 Å². The fourth-order valence-electron chi connectivity index (χ4n) is 2.45. The molecule has 154 valence electrons. The maximum atomic E-state index is 11.9. The number of ether oxygens (including phenoxy) is 2. The fourth-order valence-corrected chi connectivity index (χ4v) is 2.68. The van der Waals surface area contributed by atoms with Gasteiger partial charge in [0, 0.05) is 24.6 Å². The Labute approximate surface area is 176 Å². The highest BCUT2D eigenvalue weighted by Gasteiger charge is 2.09. The Hall–Kier alpha value is -2.93. The standard InChI is InChI=1S/C22H26N2O4S/c1-2-14-28-21(26)12-11-20(25)24-22(29)23-18-9-6-10-19(16-18)27-15-13-17-7-4-3-5-8-17/h3-10,16H,2,11-15H2,1H3,(H2,23,24,25,29). The van der Waals surface area contributed by atoms with Crippen LogP contribution in [0.3, 0.4) is 0 Å². The van der Waals surface area contributed by atoms with Gasteiger partial charge in [-0.25, -0.2) is 0 Å². The second-order valence-electron chi connectivity index (χ2n) is 6.33. The highest BCUT2D eigenvalue weighted by Crippen LogP contribution is 2.17.